The van der Waals surface area contributed by atoms with Crippen molar-refractivity contribution in [3.63, 3.8) is 0 Å². The van der Waals surface area contributed by atoms with E-state index in [1.54, 1.807) is 55.0 Å². The first kappa shape index (κ1) is 29.5. The Bertz CT molecular complexity index is 2120. The smallest absolute Gasteiger partial charge is 0.101 e. The van der Waals surface area contributed by atoms with E-state index < -0.39 is 0 Å². The van der Waals surface area contributed by atoms with E-state index in [0.29, 0.717) is 33.8 Å². The molecule has 0 saturated carbocycles. The fraction of sp³-hybridized carbons (Fsp3) is 0. The molecule has 0 fully saturated rings. The number of hydrogen-bond donors (Lipinski definition) is 0. The Kier molecular flexibility index (Phi) is 8.01. The van der Waals surface area contributed by atoms with Gasteiger partial charge >= 0.3 is 0 Å². The second-order valence-corrected chi connectivity index (χ2v) is 11.1. The van der Waals surface area contributed by atoms with Crippen LogP contribution in [0.5, 0.6) is 0 Å². The van der Waals surface area contributed by atoms with Crippen LogP contribution in [0.15, 0.2) is 146 Å². The predicted molar refractivity (Wildman–Crippen MR) is 187 cm³/mol. The zero-order chi connectivity index (χ0) is 32.9. The summed E-state index contributed by atoms with van der Waals surface area (Å²) in [6.07, 6.45) is 5.08. The SMILES string of the molecule is N#Cc1cccnc1-c1ccc(-c2cc(-c3ccc(-c4ncccc4C#N)cc3)cc(-c3ccc(-c4ncccc4C#N)cc3)c2)cc1. The molecule has 222 valence electrons. The number of rotatable bonds is 6. The summed E-state index contributed by atoms with van der Waals surface area (Å²) >= 11 is 0. The van der Waals surface area contributed by atoms with Gasteiger partial charge in [0.1, 0.15) is 18.2 Å². The van der Waals surface area contributed by atoms with E-state index >= 15 is 0 Å². The summed E-state index contributed by atoms with van der Waals surface area (Å²) in [5.74, 6) is 0. The maximum absolute atomic E-state index is 9.58. The van der Waals surface area contributed by atoms with Crippen LogP contribution in [-0.2, 0) is 0 Å². The van der Waals surface area contributed by atoms with Crippen molar-refractivity contribution in [2.24, 2.45) is 0 Å². The molecule has 0 aliphatic rings. The van der Waals surface area contributed by atoms with Crippen molar-refractivity contribution in [1.82, 2.24) is 15.0 Å². The Morgan fingerprint density at radius 1 is 0.312 bits per heavy atom. The van der Waals surface area contributed by atoms with Gasteiger partial charge in [-0.2, -0.15) is 15.8 Å². The van der Waals surface area contributed by atoms with Gasteiger partial charge in [-0.05, 0) is 88.0 Å². The van der Waals surface area contributed by atoms with Gasteiger partial charge < -0.3 is 0 Å². The second kappa shape index (κ2) is 13.0. The van der Waals surface area contributed by atoms with E-state index in [1.807, 2.05) is 36.4 Å². The number of aromatic nitrogens is 3. The van der Waals surface area contributed by atoms with Gasteiger partial charge in [0.15, 0.2) is 0 Å². The number of benzene rings is 4. The molecule has 0 saturated heterocycles. The highest BCUT2D eigenvalue weighted by molar-refractivity contribution is 5.83. The average molecular weight is 613 g/mol. The average Bonchev–Trinajstić information content (AvgIpc) is 3.18. The molecular weight excluding hydrogens is 589 g/mol. The van der Waals surface area contributed by atoms with Gasteiger partial charge in [0.25, 0.3) is 0 Å². The predicted octanol–water partition coefficient (Wildman–Crippen LogP) is 9.49. The lowest BCUT2D eigenvalue weighted by Gasteiger charge is -2.13. The minimum atomic E-state index is 0.529. The molecule has 3 aromatic heterocycles. The van der Waals surface area contributed by atoms with Gasteiger partial charge in [0, 0.05) is 35.3 Å². The van der Waals surface area contributed by atoms with Crippen molar-refractivity contribution >= 4 is 0 Å². The highest BCUT2D eigenvalue weighted by Crippen LogP contribution is 2.35. The summed E-state index contributed by atoms with van der Waals surface area (Å²) in [5.41, 5.74) is 12.3. The highest BCUT2D eigenvalue weighted by atomic mass is 14.7. The van der Waals surface area contributed by atoms with E-state index in [9.17, 15) is 15.8 Å². The molecule has 48 heavy (non-hydrogen) atoms. The molecule has 3 heterocycles. The summed E-state index contributed by atoms with van der Waals surface area (Å²) in [6, 6.07) is 48.1. The van der Waals surface area contributed by atoms with E-state index in [-0.39, 0.29) is 0 Å². The molecule has 0 radical (unpaired) electrons. The number of nitriles is 3. The first-order chi connectivity index (χ1) is 23.6. The van der Waals surface area contributed by atoms with Crippen LogP contribution in [0, 0.1) is 34.0 Å². The molecule has 0 bridgehead atoms. The molecule has 0 amide bonds. The number of pyridine rings is 3. The number of hydrogen-bond acceptors (Lipinski definition) is 6. The molecule has 0 aliphatic carbocycles. The third kappa shape index (κ3) is 5.80. The van der Waals surface area contributed by atoms with Crippen molar-refractivity contribution in [3.8, 4) is 85.4 Å². The van der Waals surface area contributed by atoms with Crippen LogP contribution >= 0.6 is 0 Å². The molecule has 6 heteroatoms. The molecule has 0 aliphatic heterocycles. The molecule has 0 unspecified atom stereocenters. The monoisotopic (exact) mass is 612 g/mol. The van der Waals surface area contributed by atoms with Crippen LogP contribution in [0.4, 0.5) is 0 Å². The van der Waals surface area contributed by atoms with Crippen molar-refractivity contribution in [1.29, 1.82) is 15.8 Å². The molecule has 6 nitrogen and oxygen atoms in total. The van der Waals surface area contributed by atoms with Crippen LogP contribution in [0.3, 0.4) is 0 Å². The van der Waals surface area contributed by atoms with Gasteiger partial charge in [0.2, 0.25) is 0 Å². The zero-order valence-corrected chi connectivity index (χ0v) is 25.5. The van der Waals surface area contributed by atoms with Crippen LogP contribution in [-0.4, -0.2) is 15.0 Å². The minimum Gasteiger partial charge on any atom is -0.255 e. The molecule has 0 atom stereocenters. The quantitative estimate of drug-likeness (QED) is 0.185. The van der Waals surface area contributed by atoms with E-state index in [4.69, 9.17) is 0 Å². The summed E-state index contributed by atoms with van der Waals surface area (Å²) in [7, 11) is 0. The molecule has 7 aromatic rings. The van der Waals surface area contributed by atoms with Crippen molar-refractivity contribution in [3.05, 3.63) is 163 Å². The lowest BCUT2D eigenvalue weighted by Crippen LogP contribution is -1.91. The minimum absolute atomic E-state index is 0.529. The van der Waals surface area contributed by atoms with Crippen LogP contribution in [0.2, 0.25) is 0 Å². The van der Waals surface area contributed by atoms with Crippen LogP contribution in [0.25, 0.3) is 67.2 Å². The maximum atomic E-state index is 9.58. The fourth-order valence-electron chi connectivity index (χ4n) is 5.77. The summed E-state index contributed by atoms with van der Waals surface area (Å²) in [4.78, 5) is 13.3. The third-order valence-corrected chi connectivity index (χ3v) is 8.19. The maximum Gasteiger partial charge on any atom is 0.101 e. The van der Waals surface area contributed by atoms with Gasteiger partial charge in [-0.15, -0.1) is 0 Å². The Hall–Kier alpha value is -7.20. The third-order valence-electron chi connectivity index (χ3n) is 8.19. The topological polar surface area (TPSA) is 110 Å². The normalized spacial score (nSPS) is 10.4. The molecule has 7 rings (SSSR count). The second-order valence-electron chi connectivity index (χ2n) is 11.1. The van der Waals surface area contributed by atoms with E-state index in [0.717, 1.165) is 50.1 Å². The molecule has 0 spiro atoms. The van der Waals surface area contributed by atoms with E-state index in [2.05, 4.69) is 87.8 Å². The first-order valence-corrected chi connectivity index (χ1v) is 15.2. The van der Waals surface area contributed by atoms with Crippen LogP contribution < -0.4 is 0 Å². The highest BCUT2D eigenvalue weighted by Gasteiger charge is 2.12. The van der Waals surface area contributed by atoms with Gasteiger partial charge in [-0.1, -0.05) is 72.8 Å². The lowest BCUT2D eigenvalue weighted by molar-refractivity contribution is 1.30. The van der Waals surface area contributed by atoms with Crippen molar-refractivity contribution < 1.29 is 0 Å². The molecule has 4 aromatic carbocycles. The molecule has 0 N–H and O–H groups in total. The fourth-order valence-corrected chi connectivity index (χ4v) is 5.77. The Morgan fingerprint density at radius 2 is 0.562 bits per heavy atom. The van der Waals surface area contributed by atoms with Gasteiger partial charge in [-0.3, -0.25) is 15.0 Å². The standard InChI is InChI=1S/C42H24N6/c43-25-34-4-1-19-46-40(34)31-13-7-28(8-14-31)37-22-38(29-9-15-32(16-10-29)41-35(26-44)5-2-20-47-41)24-39(23-37)30-11-17-33(18-12-30)42-36(27-45)6-3-21-48-42/h1-24H. The molecular formula is C42H24N6. The van der Waals surface area contributed by atoms with Gasteiger partial charge in [0.05, 0.1) is 33.8 Å². The largest absolute Gasteiger partial charge is 0.255 e. The van der Waals surface area contributed by atoms with E-state index in [1.165, 1.54) is 0 Å². The first-order valence-electron chi connectivity index (χ1n) is 15.2. The van der Waals surface area contributed by atoms with Crippen LogP contribution in [0.1, 0.15) is 16.7 Å². The zero-order valence-electron chi connectivity index (χ0n) is 25.5. The van der Waals surface area contributed by atoms with Gasteiger partial charge in [-0.25, -0.2) is 0 Å². The Balaban J connectivity index is 1.30. The van der Waals surface area contributed by atoms with Crippen molar-refractivity contribution in [2.75, 3.05) is 0 Å². The summed E-state index contributed by atoms with van der Waals surface area (Å²) in [5, 5.41) is 28.7. The van der Waals surface area contributed by atoms with Crippen molar-refractivity contribution in [2.45, 2.75) is 0 Å². The Labute approximate surface area is 278 Å². The lowest BCUT2D eigenvalue weighted by atomic mass is 9.91. The summed E-state index contributed by atoms with van der Waals surface area (Å²) in [6.45, 7) is 0. The number of nitrogens with zero attached hydrogens (tertiary/aromatic N) is 6. The summed E-state index contributed by atoms with van der Waals surface area (Å²) < 4.78 is 0. The Morgan fingerprint density at radius 3 is 0.812 bits per heavy atom.